The van der Waals surface area contributed by atoms with Crippen LogP contribution in [0.5, 0.6) is 0 Å². The predicted octanol–water partition coefficient (Wildman–Crippen LogP) is 3.91. The second-order valence-electron chi connectivity index (χ2n) is 7.65. The van der Waals surface area contributed by atoms with E-state index in [9.17, 15) is 0 Å². The van der Waals surface area contributed by atoms with E-state index < -0.39 is 0 Å². The van der Waals surface area contributed by atoms with Gasteiger partial charge in [-0.3, -0.25) is 5.10 Å². The Labute approximate surface area is 174 Å². The smallest absolute Gasteiger partial charge is 0.253 e. The van der Waals surface area contributed by atoms with Gasteiger partial charge in [-0.05, 0) is 43.5 Å². The summed E-state index contributed by atoms with van der Waals surface area (Å²) in [6.45, 7) is 4.01. The molecule has 0 aliphatic carbocycles. The molecule has 3 N–H and O–H groups in total. The number of aromatic amines is 1. The Balaban J connectivity index is 1.68. The zero-order chi connectivity index (χ0) is 20.4. The molecule has 9 heteroatoms. The van der Waals surface area contributed by atoms with Crippen molar-refractivity contribution in [3.8, 4) is 0 Å². The van der Waals surface area contributed by atoms with Gasteiger partial charge in [0.2, 0.25) is 0 Å². The lowest BCUT2D eigenvalue weighted by Gasteiger charge is -2.17. The zero-order valence-electron chi connectivity index (χ0n) is 16.8. The first-order valence-electron chi connectivity index (χ1n) is 9.72. The molecular weight excluding hydrogens is 388 g/mol. The van der Waals surface area contributed by atoms with Gasteiger partial charge in [0, 0.05) is 37.4 Å². The van der Waals surface area contributed by atoms with Crippen LogP contribution < -0.4 is 15.5 Å². The summed E-state index contributed by atoms with van der Waals surface area (Å²) in [5.74, 6) is 2.21. The average molecular weight is 413 g/mol. The van der Waals surface area contributed by atoms with Gasteiger partial charge >= 0.3 is 0 Å². The molecular formula is C20H25ClN8. The van der Waals surface area contributed by atoms with E-state index in [-0.39, 0.29) is 0 Å². The Morgan fingerprint density at radius 2 is 2.14 bits per heavy atom. The third-order valence-corrected chi connectivity index (χ3v) is 5.30. The van der Waals surface area contributed by atoms with Gasteiger partial charge in [-0.2, -0.15) is 15.1 Å². The quantitative estimate of drug-likeness (QED) is 0.601. The van der Waals surface area contributed by atoms with E-state index in [1.54, 1.807) is 6.20 Å². The average Bonchev–Trinajstić information content (AvgIpc) is 3.06. The van der Waals surface area contributed by atoms with Crippen molar-refractivity contribution in [3.05, 3.63) is 29.4 Å². The number of hydrogen-bond acceptors (Lipinski definition) is 7. The molecule has 1 fully saturated rings. The molecule has 1 saturated heterocycles. The van der Waals surface area contributed by atoms with Crippen LogP contribution in [0.25, 0.3) is 10.9 Å². The Bertz CT molecular complexity index is 1040. The van der Waals surface area contributed by atoms with Crippen LogP contribution >= 0.6 is 11.6 Å². The molecule has 4 rings (SSSR count). The predicted molar refractivity (Wildman–Crippen MR) is 119 cm³/mol. The summed E-state index contributed by atoms with van der Waals surface area (Å²) in [4.78, 5) is 15.8. The number of aliphatic imine (C=N–C) groups is 1. The maximum absolute atomic E-state index is 6.60. The van der Waals surface area contributed by atoms with Gasteiger partial charge in [0.15, 0.2) is 11.6 Å². The van der Waals surface area contributed by atoms with E-state index in [4.69, 9.17) is 16.6 Å². The third kappa shape index (κ3) is 4.49. The lowest BCUT2D eigenvalue weighted by atomic mass is 10.1. The van der Waals surface area contributed by atoms with Crippen LogP contribution in [0.1, 0.15) is 19.8 Å². The highest BCUT2D eigenvalue weighted by molar-refractivity contribution is 6.35. The molecule has 0 spiro atoms. The van der Waals surface area contributed by atoms with Gasteiger partial charge in [0.25, 0.3) is 5.95 Å². The fourth-order valence-corrected chi connectivity index (χ4v) is 3.61. The van der Waals surface area contributed by atoms with Gasteiger partial charge in [-0.25, -0.2) is 4.99 Å². The highest BCUT2D eigenvalue weighted by Gasteiger charge is 2.17. The van der Waals surface area contributed by atoms with E-state index >= 15 is 0 Å². The summed E-state index contributed by atoms with van der Waals surface area (Å²) in [5, 5.41) is 15.2. The van der Waals surface area contributed by atoms with Crippen molar-refractivity contribution in [1.29, 1.82) is 0 Å². The SMILES string of the molecule is CC1CC/C(=N/c2nc(Nc3ccc4[nH]ncc4c3)c(Cl)c(N(C)C)n2)CNC1. The molecule has 0 bridgehead atoms. The number of benzene rings is 1. The molecule has 3 heterocycles. The Morgan fingerprint density at radius 3 is 2.97 bits per heavy atom. The molecule has 0 saturated carbocycles. The van der Waals surface area contributed by atoms with Crippen LogP contribution in [0, 0.1) is 5.92 Å². The van der Waals surface area contributed by atoms with Gasteiger partial charge < -0.3 is 15.5 Å². The number of fused-ring (bicyclic) bond motifs is 1. The van der Waals surface area contributed by atoms with Gasteiger partial charge in [-0.1, -0.05) is 18.5 Å². The molecule has 0 radical (unpaired) electrons. The molecule has 152 valence electrons. The summed E-state index contributed by atoms with van der Waals surface area (Å²) in [7, 11) is 3.81. The number of hydrogen-bond donors (Lipinski definition) is 3. The van der Waals surface area contributed by atoms with E-state index in [2.05, 4.69) is 37.7 Å². The third-order valence-electron chi connectivity index (χ3n) is 4.95. The molecule has 2 aromatic heterocycles. The molecule has 0 amide bonds. The minimum absolute atomic E-state index is 0.413. The number of nitrogens with zero attached hydrogens (tertiary/aromatic N) is 5. The van der Waals surface area contributed by atoms with Crippen LogP contribution in [0.15, 0.2) is 29.4 Å². The number of aromatic nitrogens is 4. The Hall–Kier alpha value is -2.71. The second-order valence-corrected chi connectivity index (χ2v) is 8.03. The van der Waals surface area contributed by atoms with Crippen molar-refractivity contribution >= 4 is 51.5 Å². The normalized spacial score (nSPS) is 18.8. The van der Waals surface area contributed by atoms with Crippen molar-refractivity contribution in [1.82, 2.24) is 25.5 Å². The number of nitrogens with one attached hydrogen (secondary N) is 3. The lowest BCUT2D eigenvalue weighted by molar-refractivity contribution is 0.527. The number of anilines is 3. The summed E-state index contributed by atoms with van der Waals surface area (Å²) in [5.41, 5.74) is 2.90. The van der Waals surface area contributed by atoms with Crippen molar-refractivity contribution < 1.29 is 0 Å². The number of H-pyrrole nitrogens is 1. The molecule has 3 aromatic rings. The van der Waals surface area contributed by atoms with E-state index in [1.807, 2.05) is 37.2 Å². The van der Waals surface area contributed by atoms with Crippen molar-refractivity contribution in [2.45, 2.75) is 19.8 Å². The van der Waals surface area contributed by atoms with Crippen LogP contribution in [0.4, 0.5) is 23.3 Å². The minimum Gasteiger partial charge on any atom is -0.361 e. The number of halogens is 1. The summed E-state index contributed by atoms with van der Waals surface area (Å²) in [6, 6.07) is 5.91. The van der Waals surface area contributed by atoms with E-state index in [0.717, 1.165) is 48.2 Å². The highest BCUT2D eigenvalue weighted by Crippen LogP contribution is 2.33. The fraction of sp³-hybridized carbons (Fsp3) is 0.400. The monoisotopic (exact) mass is 412 g/mol. The summed E-state index contributed by atoms with van der Waals surface area (Å²) in [6.07, 6.45) is 3.83. The standard InChI is InChI=1S/C20H25ClN8/c1-12-4-5-15(11-22-9-12)25-20-26-18(17(21)19(27-20)29(2)3)24-14-6-7-16-13(8-14)10-23-28-16/h6-8,10,12,22H,4-5,9,11H2,1-3H3,(H,23,28)(H,24,26,27)/b25-15-. The molecule has 8 nitrogen and oxygen atoms in total. The Morgan fingerprint density at radius 1 is 1.28 bits per heavy atom. The molecule has 1 aliphatic rings. The van der Waals surface area contributed by atoms with Crippen LogP contribution in [-0.4, -0.2) is 53.1 Å². The topological polar surface area (TPSA) is 94.1 Å². The van der Waals surface area contributed by atoms with E-state index in [1.165, 1.54) is 0 Å². The minimum atomic E-state index is 0.413. The fourth-order valence-electron chi connectivity index (χ4n) is 3.31. The maximum Gasteiger partial charge on any atom is 0.253 e. The van der Waals surface area contributed by atoms with Crippen LogP contribution in [0.3, 0.4) is 0 Å². The maximum atomic E-state index is 6.60. The Kier molecular flexibility index (Phi) is 5.64. The van der Waals surface area contributed by atoms with Gasteiger partial charge in [0.05, 0.1) is 11.7 Å². The first kappa shape index (κ1) is 19.6. The first-order valence-corrected chi connectivity index (χ1v) is 10.1. The molecule has 1 aliphatic heterocycles. The first-order chi connectivity index (χ1) is 14.0. The van der Waals surface area contributed by atoms with Crippen molar-refractivity contribution in [2.75, 3.05) is 37.4 Å². The molecule has 29 heavy (non-hydrogen) atoms. The van der Waals surface area contributed by atoms with Crippen molar-refractivity contribution in [2.24, 2.45) is 10.9 Å². The van der Waals surface area contributed by atoms with Gasteiger partial charge in [0.1, 0.15) is 5.02 Å². The lowest BCUT2D eigenvalue weighted by Crippen LogP contribution is -2.22. The molecule has 1 aromatic carbocycles. The largest absolute Gasteiger partial charge is 0.361 e. The summed E-state index contributed by atoms with van der Waals surface area (Å²) >= 11 is 6.60. The van der Waals surface area contributed by atoms with E-state index in [0.29, 0.717) is 28.5 Å². The van der Waals surface area contributed by atoms with Crippen molar-refractivity contribution in [3.63, 3.8) is 0 Å². The van der Waals surface area contributed by atoms with Crippen LogP contribution in [-0.2, 0) is 0 Å². The molecule has 1 unspecified atom stereocenters. The van der Waals surface area contributed by atoms with Gasteiger partial charge in [-0.15, -0.1) is 0 Å². The summed E-state index contributed by atoms with van der Waals surface area (Å²) < 4.78 is 0. The highest BCUT2D eigenvalue weighted by atomic mass is 35.5. The second kappa shape index (κ2) is 8.34. The zero-order valence-corrected chi connectivity index (χ0v) is 17.6. The molecule has 1 atom stereocenters. The van der Waals surface area contributed by atoms with Crippen LogP contribution in [0.2, 0.25) is 5.02 Å². The number of rotatable bonds is 4.